The van der Waals surface area contributed by atoms with E-state index in [1.807, 2.05) is 12.2 Å². The standard InChI is InChI=1S/2C16H28O4.Mg/c2*1-2-3-4-5-6-7-8-9-10-11-14-20-16(19)13-12-15(17)18;/h2*11,14H,2-10,12-13H2,1H3,(H,17,18);/q;;+2/p-2. The average Bonchev–Trinajstić information content (AvgIpc) is 2.92. The van der Waals surface area contributed by atoms with Crippen LogP contribution in [-0.4, -0.2) is 46.9 Å². The summed E-state index contributed by atoms with van der Waals surface area (Å²) >= 11 is 0. The normalized spacial score (nSPS) is 10.6. The number of carbonyl (C=O) groups excluding carboxylic acids is 4. The molecule has 0 atom stereocenters. The molecule has 8 nitrogen and oxygen atoms in total. The van der Waals surface area contributed by atoms with Crippen LogP contribution in [0.2, 0.25) is 0 Å². The summed E-state index contributed by atoms with van der Waals surface area (Å²) in [5, 5.41) is 20.3. The maximum absolute atomic E-state index is 11.0. The minimum absolute atomic E-state index is 0. The van der Waals surface area contributed by atoms with Crippen molar-refractivity contribution in [3.05, 3.63) is 24.7 Å². The fourth-order valence-corrected chi connectivity index (χ4v) is 3.70. The van der Waals surface area contributed by atoms with E-state index < -0.39 is 23.9 Å². The molecular formula is C32H54MgO8. The van der Waals surface area contributed by atoms with Crippen LogP contribution in [0.1, 0.15) is 155 Å². The van der Waals surface area contributed by atoms with Crippen LogP contribution in [0.4, 0.5) is 0 Å². The van der Waals surface area contributed by atoms with Gasteiger partial charge in [-0.15, -0.1) is 0 Å². The number of aliphatic carboxylic acids is 2. The summed E-state index contributed by atoms with van der Waals surface area (Å²) in [6.07, 6.45) is 27.6. The molecule has 0 saturated heterocycles. The van der Waals surface area contributed by atoms with E-state index in [0.29, 0.717) is 0 Å². The van der Waals surface area contributed by atoms with E-state index in [9.17, 15) is 29.4 Å². The van der Waals surface area contributed by atoms with Crippen molar-refractivity contribution < 1.29 is 38.9 Å². The van der Waals surface area contributed by atoms with E-state index in [2.05, 4.69) is 13.8 Å². The summed E-state index contributed by atoms with van der Waals surface area (Å²) < 4.78 is 9.51. The Kier molecular flexibility index (Phi) is 38.4. The van der Waals surface area contributed by atoms with Crippen LogP contribution in [0, 0.1) is 0 Å². The molecule has 0 aliphatic rings. The molecule has 0 N–H and O–H groups in total. The van der Waals surface area contributed by atoms with Gasteiger partial charge in [-0.1, -0.05) is 104 Å². The van der Waals surface area contributed by atoms with Crippen LogP contribution in [0.25, 0.3) is 0 Å². The molecular weight excluding hydrogens is 537 g/mol. The molecule has 0 spiro atoms. The van der Waals surface area contributed by atoms with Crippen molar-refractivity contribution in [3.63, 3.8) is 0 Å². The summed E-state index contributed by atoms with van der Waals surface area (Å²) in [6.45, 7) is 4.44. The second-order valence-electron chi connectivity index (χ2n) is 9.99. The topological polar surface area (TPSA) is 133 Å². The molecule has 0 aliphatic carbocycles. The number of carbonyl (C=O) groups is 4. The largest absolute Gasteiger partial charge is 2.00 e. The molecule has 0 aromatic rings. The second kappa shape index (κ2) is 36.2. The zero-order valence-electron chi connectivity index (χ0n) is 25.8. The van der Waals surface area contributed by atoms with Crippen LogP contribution in [0.3, 0.4) is 0 Å². The Labute approximate surface area is 264 Å². The third-order valence-corrected chi connectivity index (χ3v) is 6.11. The molecule has 0 aromatic carbocycles. The van der Waals surface area contributed by atoms with Crippen molar-refractivity contribution in [1.82, 2.24) is 0 Å². The van der Waals surface area contributed by atoms with Gasteiger partial charge in [0.15, 0.2) is 0 Å². The van der Waals surface area contributed by atoms with Gasteiger partial charge in [0.25, 0.3) is 0 Å². The monoisotopic (exact) mass is 590 g/mol. The van der Waals surface area contributed by atoms with Crippen molar-refractivity contribution in [2.24, 2.45) is 0 Å². The predicted molar refractivity (Wildman–Crippen MR) is 159 cm³/mol. The fraction of sp³-hybridized carbons (Fsp3) is 0.750. The number of carboxylic acid groups (broad SMARTS) is 2. The van der Waals surface area contributed by atoms with E-state index in [4.69, 9.17) is 9.47 Å². The first kappa shape index (κ1) is 43.6. The first-order valence-corrected chi connectivity index (χ1v) is 15.4. The zero-order valence-corrected chi connectivity index (χ0v) is 27.3. The van der Waals surface area contributed by atoms with Gasteiger partial charge in [-0.25, -0.2) is 0 Å². The van der Waals surface area contributed by atoms with Crippen molar-refractivity contribution in [3.8, 4) is 0 Å². The number of unbranched alkanes of at least 4 members (excludes halogenated alkanes) is 16. The van der Waals surface area contributed by atoms with Gasteiger partial charge in [0, 0.05) is 11.9 Å². The second-order valence-corrected chi connectivity index (χ2v) is 9.99. The Morgan fingerprint density at radius 1 is 0.488 bits per heavy atom. The smallest absolute Gasteiger partial charge is 0.550 e. The van der Waals surface area contributed by atoms with Gasteiger partial charge >= 0.3 is 35.0 Å². The van der Waals surface area contributed by atoms with Crippen molar-refractivity contribution in [1.29, 1.82) is 0 Å². The van der Waals surface area contributed by atoms with Crippen molar-refractivity contribution in [2.75, 3.05) is 0 Å². The van der Waals surface area contributed by atoms with Crippen molar-refractivity contribution in [2.45, 2.75) is 155 Å². The SMILES string of the molecule is CCCCCCCCCCC=COC(=O)CCC(=O)[O-].CCCCCCCCCCC=COC(=O)CCC(=O)[O-].[Mg+2]. The molecule has 0 amide bonds. The fourth-order valence-electron chi connectivity index (χ4n) is 3.70. The summed E-state index contributed by atoms with van der Waals surface area (Å²) in [4.78, 5) is 42.3. The molecule has 0 saturated carbocycles. The molecule has 0 aromatic heterocycles. The van der Waals surface area contributed by atoms with Gasteiger partial charge in [0.2, 0.25) is 0 Å². The van der Waals surface area contributed by atoms with Gasteiger partial charge in [0.05, 0.1) is 25.4 Å². The van der Waals surface area contributed by atoms with Crippen LogP contribution < -0.4 is 10.2 Å². The third kappa shape index (κ3) is 42.7. The Morgan fingerprint density at radius 3 is 1.07 bits per heavy atom. The molecule has 0 aliphatic heterocycles. The Morgan fingerprint density at radius 2 is 0.780 bits per heavy atom. The van der Waals surface area contributed by atoms with E-state index in [1.54, 1.807) is 0 Å². The van der Waals surface area contributed by atoms with Gasteiger partial charge in [-0.05, 0) is 50.7 Å². The summed E-state index contributed by atoms with van der Waals surface area (Å²) in [6, 6.07) is 0. The van der Waals surface area contributed by atoms with Crippen LogP contribution in [-0.2, 0) is 28.7 Å². The van der Waals surface area contributed by atoms with E-state index >= 15 is 0 Å². The average molecular weight is 591 g/mol. The summed E-state index contributed by atoms with van der Waals surface area (Å²) in [5.74, 6) is -3.52. The number of carboxylic acids is 2. The third-order valence-electron chi connectivity index (χ3n) is 6.11. The number of allylic oxidation sites excluding steroid dienone is 2. The van der Waals surface area contributed by atoms with Gasteiger partial charge in [-0.3, -0.25) is 9.59 Å². The maximum atomic E-state index is 11.0. The summed E-state index contributed by atoms with van der Waals surface area (Å²) in [5.41, 5.74) is 0. The number of rotatable bonds is 26. The zero-order chi connectivity index (χ0) is 30.1. The van der Waals surface area contributed by atoms with Crippen LogP contribution in [0.15, 0.2) is 24.7 Å². The Bertz CT molecular complexity index is 633. The van der Waals surface area contributed by atoms with E-state index in [-0.39, 0.29) is 48.7 Å². The molecule has 0 rings (SSSR count). The quantitative estimate of drug-likeness (QED) is 0.0532. The van der Waals surface area contributed by atoms with Crippen molar-refractivity contribution >= 4 is 46.9 Å². The van der Waals surface area contributed by atoms with E-state index in [1.165, 1.54) is 102 Å². The molecule has 0 bridgehead atoms. The summed E-state index contributed by atoms with van der Waals surface area (Å²) in [7, 11) is 0. The first-order valence-electron chi connectivity index (χ1n) is 15.4. The molecule has 232 valence electrons. The van der Waals surface area contributed by atoms with Gasteiger partial charge in [-0.2, -0.15) is 0 Å². The Hall–Kier alpha value is -1.87. The predicted octanol–water partition coefficient (Wildman–Crippen LogP) is 5.83. The number of hydrogen-bond acceptors (Lipinski definition) is 8. The van der Waals surface area contributed by atoms with Crippen LogP contribution >= 0.6 is 0 Å². The first-order chi connectivity index (χ1) is 19.3. The molecule has 0 unspecified atom stereocenters. The van der Waals surface area contributed by atoms with Crippen LogP contribution in [0.5, 0.6) is 0 Å². The minimum atomic E-state index is -1.23. The maximum Gasteiger partial charge on any atom is 2.00 e. The van der Waals surface area contributed by atoms with E-state index in [0.717, 1.165) is 25.7 Å². The molecule has 9 heteroatoms. The molecule has 0 fully saturated rings. The number of hydrogen-bond donors (Lipinski definition) is 0. The molecule has 41 heavy (non-hydrogen) atoms. The van der Waals surface area contributed by atoms with Gasteiger partial charge in [0.1, 0.15) is 0 Å². The number of esters is 2. The molecule has 0 heterocycles. The minimum Gasteiger partial charge on any atom is -0.550 e. The molecule has 0 radical (unpaired) electrons. The Balaban J connectivity index is -0.000000688. The number of ether oxygens (including phenoxy) is 2. The van der Waals surface area contributed by atoms with Gasteiger partial charge < -0.3 is 29.3 Å².